The normalized spacial score (nSPS) is 17.1. The summed E-state index contributed by atoms with van der Waals surface area (Å²) in [5.74, 6) is 23.4. The average molecular weight is 869 g/mol. The molecule has 0 atom stereocenters. The molecule has 64 heavy (non-hydrogen) atoms. The maximum atomic E-state index is 4.11. The Morgan fingerprint density at radius 3 is 0.812 bits per heavy atom. The molecule has 0 nitrogen and oxygen atoms in total. The minimum Gasteiger partial charge on any atom is -0.102 e. The Hall–Kier alpha value is -6.91. The summed E-state index contributed by atoms with van der Waals surface area (Å²) >= 11 is 0. The number of hydrogen-bond acceptors (Lipinski definition) is 0. The molecule has 3 heterocycles. The Kier molecular flexibility index (Phi) is 11.5. The Morgan fingerprint density at radius 1 is 0.281 bits per heavy atom. The quantitative estimate of drug-likeness (QED) is 0.116. The van der Waals surface area contributed by atoms with Crippen molar-refractivity contribution in [1.82, 2.24) is 0 Å². The van der Waals surface area contributed by atoms with Gasteiger partial charge in [0, 0.05) is 26.0 Å². The summed E-state index contributed by atoms with van der Waals surface area (Å²) in [6.45, 7) is 15.6. The summed E-state index contributed by atoms with van der Waals surface area (Å²) in [7, 11) is -8.63. The van der Waals surface area contributed by atoms with E-state index in [9.17, 15) is 0 Å². The van der Waals surface area contributed by atoms with Crippen molar-refractivity contribution in [3.63, 3.8) is 0 Å². The van der Waals surface area contributed by atoms with Crippen molar-refractivity contribution in [3.05, 3.63) is 247 Å². The van der Waals surface area contributed by atoms with Crippen LogP contribution in [0.1, 0.15) is 48.5 Å². The van der Waals surface area contributed by atoms with Crippen molar-refractivity contribution in [2.24, 2.45) is 0 Å². The molecular weight excluding hydrogens is 817 g/mol. The number of rotatable bonds is 6. The van der Waals surface area contributed by atoms with Crippen molar-refractivity contribution in [1.29, 1.82) is 0 Å². The van der Waals surface area contributed by atoms with Gasteiger partial charge < -0.3 is 0 Å². The van der Waals surface area contributed by atoms with Gasteiger partial charge in [0.1, 0.15) is 0 Å². The Labute approximate surface area is 384 Å². The van der Waals surface area contributed by atoms with E-state index in [0.29, 0.717) is 0 Å². The largest absolute Gasteiger partial charge is 0.198 e. The average Bonchev–Trinajstić information content (AvgIpc) is 3.83. The monoisotopic (exact) mass is 868 g/mol. The zero-order valence-electron chi connectivity index (χ0n) is 37.9. The number of benzene rings is 6. The molecule has 6 aromatic rings. The predicted molar refractivity (Wildman–Crippen MR) is 280 cm³/mol. The fourth-order valence-electron chi connectivity index (χ4n) is 10.7. The van der Waals surface area contributed by atoms with Crippen LogP contribution in [0, 0.1) is 35.5 Å². The molecule has 3 heteroatoms. The topological polar surface area (TPSA) is 0 Å². The van der Waals surface area contributed by atoms with E-state index in [1.54, 1.807) is 0 Å². The maximum absolute atomic E-state index is 4.11. The van der Waals surface area contributed by atoms with E-state index in [1.165, 1.54) is 90.5 Å². The van der Waals surface area contributed by atoms with Crippen LogP contribution in [-0.2, 0) is 0 Å². The molecule has 0 amide bonds. The van der Waals surface area contributed by atoms with Crippen LogP contribution in [0.2, 0.25) is 0 Å². The van der Waals surface area contributed by atoms with Crippen molar-refractivity contribution in [2.45, 2.75) is 48.5 Å². The molecule has 0 unspecified atom stereocenters. The van der Waals surface area contributed by atoms with E-state index in [2.05, 4.69) is 265 Å². The molecule has 3 aliphatic rings. The molecule has 0 aromatic heterocycles. The summed E-state index contributed by atoms with van der Waals surface area (Å²) in [6.07, 6.45) is 0. The summed E-state index contributed by atoms with van der Waals surface area (Å²) < 4.78 is 0. The Morgan fingerprint density at radius 2 is 0.531 bits per heavy atom. The molecular formula is C61H52Si3. The van der Waals surface area contributed by atoms with Gasteiger partial charge in [-0.2, -0.15) is 0 Å². The highest BCUT2D eigenvalue weighted by Crippen LogP contribution is 2.42. The molecule has 3 aliphatic heterocycles. The SMILES string of the molecule is CC#CC1=C(C)C(C)=C(C#CC2=C(C)C(C)=C(C#CC3=C(C)C(C)=C[Si]3(c3ccccc3)c3ccccc3)[Si]2(c2ccccc2)c2ccccc2)[Si]1(c1ccccc1)c1ccccc1. The first-order valence-electron chi connectivity index (χ1n) is 22.3. The predicted octanol–water partition coefficient (Wildman–Crippen LogP) is 9.61. The van der Waals surface area contributed by atoms with Gasteiger partial charge in [-0.1, -0.05) is 223 Å². The van der Waals surface area contributed by atoms with Crippen LogP contribution in [-0.4, -0.2) is 24.2 Å². The number of allylic oxidation sites excluding steroid dienone is 11. The second-order valence-corrected chi connectivity index (χ2v) is 28.1. The van der Waals surface area contributed by atoms with Gasteiger partial charge in [-0.05, 0) is 107 Å². The highest BCUT2D eigenvalue weighted by atomic mass is 28.3. The van der Waals surface area contributed by atoms with E-state index >= 15 is 0 Å². The third-order valence-electron chi connectivity index (χ3n) is 14.1. The van der Waals surface area contributed by atoms with Crippen LogP contribution in [0.4, 0.5) is 0 Å². The van der Waals surface area contributed by atoms with Crippen LogP contribution in [0.3, 0.4) is 0 Å². The first-order valence-corrected chi connectivity index (χ1v) is 28.4. The molecule has 9 rings (SSSR count). The molecule has 0 bridgehead atoms. The van der Waals surface area contributed by atoms with Crippen molar-refractivity contribution >= 4 is 55.3 Å². The lowest BCUT2D eigenvalue weighted by molar-refractivity contribution is 1.35. The van der Waals surface area contributed by atoms with Gasteiger partial charge in [0.05, 0.1) is 0 Å². The lowest BCUT2D eigenvalue weighted by Crippen LogP contribution is -2.61. The molecule has 0 saturated carbocycles. The second-order valence-electron chi connectivity index (χ2n) is 17.2. The molecule has 0 N–H and O–H groups in total. The molecule has 6 aromatic carbocycles. The summed E-state index contributed by atoms with van der Waals surface area (Å²) in [6, 6.07) is 66.8. The smallest absolute Gasteiger partial charge is 0.102 e. The van der Waals surface area contributed by atoms with Gasteiger partial charge in [-0.15, -0.1) is 5.92 Å². The van der Waals surface area contributed by atoms with Crippen LogP contribution in [0.15, 0.2) is 247 Å². The fourth-order valence-corrected chi connectivity index (χ4v) is 25.8. The third-order valence-corrected chi connectivity index (χ3v) is 28.5. The van der Waals surface area contributed by atoms with Crippen LogP contribution >= 0.6 is 0 Å². The van der Waals surface area contributed by atoms with Gasteiger partial charge in [0.15, 0.2) is 24.2 Å². The van der Waals surface area contributed by atoms with E-state index in [0.717, 1.165) is 0 Å². The lowest BCUT2D eigenvalue weighted by Gasteiger charge is -2.32. The highest BCUT2D eigenvalue weighted by molar-refractivity contribution is 7.15. The van der Waals surface area contributed by atoms with Gasteiger partial charge in [-0.25, -0.2) is 0 Å². The zero-order chi connectivity index (χ0) is 44.5. The zero-order valence-corrected chi connectivity index (χ0v) is 40.9. The maximum Gasteiger partial charge on any atom is 0.198 e. The lowest BCUT2D eigenvalue weighted by atomic mass is 10.1. The molecule has 0 radical (unpaired) electrons. The van der Waals surface area contributed by atoms with E-state index in [4.69, 9.17) is 0 Å². The first kappa shape index (κ1) is 42.4. The highest BCUT2D eigenvalue weighted by Gasteiger charge is 2.52. The van der Waals surface area contributed by atoms with Crippen LogP contribution in [0.25, 0.3) is 0 Å². The summed E-state index contributed by atoms with van der Waals surface area (Å²) in [4.78, 5) is 0. The van der Waals surface area contributed by atoms with Gasteiger partial charge in [0.2, 0.25) is 0 Å². The van der Waals surface area contributed by atoms with E-state index in [-0.39, 0.29) is 0 Å². The molecule has 0 fully saturated rings. The summed E-state index contributed by atoms with van der Waals surface area (Å²) in [5, 5.41) is 14.1. The Balaban J connectivity index is 1.32. The van der Waals surface area contributed by atoms with Crippen molar-refractivity contribution < 1.29 is 0 Å². The molecule has 0 saturated heterocycles. The van der Waals surface area contributed by atoms with E-state index < -0.39 is 24.2 Å². The van der Waals surface area contributed by atoms with Crippen LogP contribution in [0.5, 0.6) is 0 Å². The minimum absolute atomic E-state index is 1.21. The number of hydrogen-bond donors (Lipinski definition) is 0. The molecule has 0 aliphatic carbocycles. The molecule has 0 spiro atoms. The minimum atomic E-state index is -3.09. The van der Waals surface area contributed by atoms with E-state index in [1.807, 2.05) is 6.92 Å². The van der Waals surface area contributed by atoms with Gasteiger partial charge in [0.25, 0.3) is 0 Å². The second kappa shape index (κ2) is 17.3. The summed E-state index contributed by atoms with van der Waals surface area (Å²) in [5.41, 5.74) is 10.1. The van der Waals surface area contributed by atoms with Crippen molar-refractivity contribution in [3.8, 4) is 35.5 Å². The first-order chi connectivity index (χ1) is 31.2. The van der Waals surface area contributed by atoms with Crippen molar-refractivity contribution in [2.75, 3.05) is 0 Å². The standard InChI is InChI=1S/C61H52Si3/c1-8-27-58-47(4)48(5)60(63(58,53-32-19-11-20-33-53)54-34-21-12-22-35-54)42-43-61-50(7)49(6)59(64(61,55-36-23-13-24-37-55)56-38-25-14-26-39-56)41-40-57-46(3)45(2)44-62(57,51-28-15-9-16-29-51)52-30-17-10-18-31-52/h9-26,28-39,44H,1-7H3. The van der Waals surface area contributed by atoms with Crippen LogP contribution < -0.4 is 31.1 Å². The molecule has 308 valence electrons. The third kappa shape index (κ3) is 6.53. The fraction of sp³-hybridized carbons (Fsp3) is 0.115. The van der Waals surface area contributed by atoms with Gasteiger partial charge in [-0.3, -0.25) is 0 Å². The Bertz CT molecular complexity index is 3070. The van der Waals surface area contributed by atoms with Gasteiger partial charge >= 0.3 is 0 Å².